The van der Waals surface area contributed by atoms with Gasteiger partial charge in [0.05, 0.1) is 12.5 Å². The van der Waals surface area contributed by atoms with E-state index in [1.807, 2.05) is 0 Å². The molecule has 1 aliphatic heterocycles. The molecule has 0 spiro atoms. The van der Waals surface area contributed by atoms with E-state index in [4.69, 9.17) is 5.26 Å². The minimum Gasteiger partial charge on any atom is -0.311 e. The van der Waals surface area contributed by atoms with Crippen LogP contribution in [0.3, 0.4) is 0 Å². The monoisotopic (exact) mass is 139 g/mol. The van der Waals surface area contributed by atoms with Crippen molar-refractivity contribution in [1.29, 1.82) is 5.26 Å². The second kappa shape index (κ2) is 3.55. The molecule has 1 heterocycles. The predicted octanol–water partition coefficient (Wildman–Crippen LogP) is -0.150. The summed E-state index contributed by atoms with van der Waals surface area (Å²) in [6, 6.07) is 3.06. The molecular weight excluding hydrogens is 126 g/mol. The normalized spacial score (nSPS) is 33.2. The van der Waals surface area contributed by atoms with Gasteiger partial charge in [0.2, 0.25) is 0 Å². The molecule has 1 fully saturated rings. The third-order valence-corrected chi connectivity index (χ3v) is 1.76. The number of hydrogen-bond donors (Lipinski definition) is 2. The van der Waals surface area contributed by atoms with Gasteiger partial charge in [-0.15, -0.1) is 0 Å². The van der Waals surface area contributed by atoms with Gasteiger partial charge in [-0.05, 0) is 6.92 Å². The molecule has 0 aliphatic carbocycles. The molecule has 0 saturated carbocycles. The number of nitrogens with zero attached hydrogens (tertiary/aromatic N) is 1. The summed E-state index contributed by atoms with van der Waals surface area (Å²) in [5.41, 5.74) is 0. The molecule has 2 atom stereocenters. The number of rotatable bonds is 1. The van der Waals surface area contributed by atoms with E-state index in [1.165, 1.54) is 0 Å². The second-order valence-electron chi connectivity index (χ2n) is 2.78. The highest BCUT2D eigenvalue weighted by Crippen LogP contribution is 1.95. The Bertz CT molecular complexity index is 130. The van der Waals surface area contributed by atoms with E-state index in [9.17, 15) is 0 Å². The summed E-state index contributed by atoms with van der Waals surface area (Å²) in [5, 5.41) is 15.0. The average Bonchev–Trinajstić information content (AvgIpc) is 1.95. The Labute approximate surface area is 61.4 Å². The molecule has 0 bridgehead atoms. The van der Waals surface area contributed by atoms with Crippen LogP contribution in [0.1, 0.15) is 13.3 Å². The lowest BCUT2D eigenvalue weighted by Crippen LogP contribution is -2.52. The summed E-state index contributed by atoms with van der Waals surface area (Å²) < 4.78 is 0. The second-order valence-corrected chi connectivity index (χ2v) is 2.78. The van der Waals surface area contributed by atoms with E-state index in [0.29, 0.717) is 18.5 Å². The van der Waals surface area contributed by atoms with E-state index in [1.54, 1.807) is 0 Å². The highest BCUT2D eigenvalue weighted by molar-refractivity contribution is 4.87. The lowest BCUT2D eigenvalue weighted by Gasteiger charge is -2.27. The number of nitrogens with one attached hydrogen (secondary N) is 2. The van der Waals surface area contributed by atoms with Crippen LogP contribution < -0.4 is 10.6 Å². The first-order valence-electron chi connectivity index (χ1n) is 3.66. The van der Waals surface area contributed by atoms with Crippen molar-refractivity contribution >= 4 is 0 Å². The van der Waals surface area contributed by atoms with Crippen molar-refractivity contribution in [3.63, 3.8) is 0 Å². The van der Waals surface area contributed by atoms with E-state index in [2.05, 4.69) is 23.6 Å². The van der Waals surface area contributed by atoms with Crippen LogP contribution in [-0.4, -0.2) is 25.2 Å². The van der Waals surface area contributed by atoms with Crippen LogP contribution in [0.5, 0.6) is 0 Å². The maximum absolute atomic E-state index is 8.37. The molecule has 0 amide bonds. The Morgan fingerprint density at radius 2 is 2.30 bits per heavy atom. The Morgan fingerprint density at radius 3 is 2.80 bits per heavy atom. The first-order valence-corrected chi connectivity index (χ1v) is 3.66. The zero-order chi connectivity index (χ0) is 7.40. The molecule has 3 heteroatoms. The molecule has 1 aliphatic rings. The summed E-state index contributed by atoms with van der Waals surface area (Å²) in [6.07, 6.45) is 0.611. The summed E-state index contributed by atoms with van der Waals surface area (Å²) in [4.78, 5) is 0. The third-order valence-electron chi connectivity index (χ3n) is 1.76. The van der Waals surface area contributed by atoms with Gasteiger partial charge in [-0.1, -0.05) is 0 Å². The van der Waals surface area contributed by atoms with Crippen LogP contribution in [0.15, 0.2) is 0 Å². The first kappa shape index (κ1) is 7.52. The fourth-order valence-electron chi connectivity index (χ4n) is 1.09. The maximum Gasteiger partial charge on any atom is 0.0638 e. The van der Waals surface area contributed by atoms with Gasteiger partial charge in [0.15, 0.2) is 0 Å². The lowest BCUT2D eigenvalue weighted by atomic mass is 10.1. The van der Waals surface area contributed by atoms with Crippen LogP contribution in [0, 0.1) is 11.3 Å². The first-order chi connectivity index (χ1) is 4.83. The van der Waals surface area contributed by atoms with Gasteiger partial charge >= 0.3 is 0 Å². The smallest absolute Gasteiger partial charge is 0.0638 e. The molecule has 0 aromatic heterocycles. The Balaban J connectivity index is 2.21. The standard InChI is InChI=1S/C7H13N3/c1-6-4-10-7(2-3-8)5-9-6/h6-7,9-10H,2,4-5H2,1H3/t6?,7-/m1/s1. The molecule has 56 valence electrons. The van der Waals surface area contributed by atoms with E-state index < -0.39 is 0 Å². The topological polar surface area (TPSA) is 47.9 Å². The SMILES string of the molecule is CC1CN[C@H](CC#N)CN1. The van der Waals surface area contributed by atoms with Gasteiger partial charge in [0, 0.05) is 25.2 Å². The molecule has 10 heavy (non-hydrogen) atoms. The highest BCUT2D eigenvalue weighted by Gasteiger charge is 2.15. The van der Waals surface area contributed by atoms with Gasteiger partial charge in [-0.25, -0.2) is 0 Å². The van der Waals surface area contributed by atoms with Crippen LogP contribution in [0.4, 0.5) is 0 Å². The van der Waals surface area contributed by atoms with Crippen LogP contribution >= 0.6 is 0 Å². The summed E-state index contributed by atoms with van der Waals surface area (Å²) in [7, 11) is 0. The Morgan fingerprint density at radius 1 is 1.50 bits per heavy atom. The summed E-state index contributed by atoms with van der Waals surface area (Å²) in [5.74, 6) is 0. The molecule has 0 aromatic rings. The van der Waals surface area contributed by atoms with Gasteiger partial charge in [-0.2, -0.15) is 5.26 Å². The number of nitriles is 1. The largest absolute Gasteiger partial charge is 0.311 e. The number of piperazine rings is 1. The van der Waals surface area contributed by atoms with Crippen LogP contribution in [0.25, 0.3) is 0 Å². The maximum atomic E-state index is 8.37. The van der Waals surface area contributed by atoms with Gasteiger partial charge in [-0.3, -0.25) is 0 Å². The molecule has 3 nitrogen and oxygen atoms in total. The highest BCUT2D eigenvalue weighted by atomic mass is 15.1. The molecule has 1 rings (SSSR count). The van der Waals surface area contributed by atoms with E-state index in [0.717, 1.165) is 13.1 Å². The third kappa shape index (κ3) is 1.98. The predicted molar refractivity (Wildman–Crippen MR) is 39.5 cm³/mol. The average molecular weight is 139 g/mol. The minimum atomic E-state index is 0.362. The molecule has 1 saturated heterocycles. The van der Waals surface area contributed by atoms with Gasteiger partial charge in [0.25, 0.3) is 0 Å². The summed E-state index contributed by atoms with van der Waals surface area (Å²) >= 11 is 0. The van der Waals surface area contributed by atoms with E-state index in [-0.39, 0.29) is 0 Å². The van der Waals surface area contributed by atoms with Crippen molar-refractivity contribution in [1.82, 2.24) is 10.6 Å². The van der Waals surface area contributed by atoms with Gasteiger partial charge < -0.3 is 10.6 Å². The van der Waals surface area contributed by atoms with E-state index >= 15 is 0 Å². The Kier molecular flexibility index (Phi) is 2.67. The quantitative estimate of drug-likeness (QED) is 0.531. The van der Waals surface area contributed by atoms with Crippen molar-refractivity contribution in [3.8, 4) is 6.07 Å². The Hall–Kier alpha value is -0.590. The van der Waals surface area contributed by atoms with Crippen molar-refractivity contribution in [2.24, 2.45) is 0 Å². The molecule has 0 radical (unpaired) electrons. The van der Waals surface area contributed by atoms with Crippen LogP contribution in [-0.2, 0) is 0 Å². The minimum absolute atomic E-state index is 0.362. The number of hydrogen-bond acceptors (Lipinski definition) is 3. The van der Waals surface area contributed by atoms with Crippen molar-refractivity contribution in [3.05, 3.63) is 0 Å². The van der Waals surface area contributed by atoms with Crippen molar-refractivity contribution < 1.29 is 0 Å². The molecular formula is C7H13N3. The molecule has 2 N–H and O–H groups in total. The van der Waals surface area contributed by atoms with Crippen LogP contribution in [0.2, 0.25) is 0 Å². The zero-order valence-electron chi connectivity index (χ0n) is 6.22. The molecule has 0 aromatic carbocycles. The molecule has 1 unspecified atom stereocenters. The van der Waals surface area contributed by atoms with Gasteiger partial charge in [0.1, 0.15) is 0 Å². The van der Waals surface area contributed by atoms with Crippen molar-refractivity contribution in [2.75, 3.05) is 13.1 Å². The fourth-order valence-corrected chi connectivity index (χ4v) is 1.09. The fraction of sp³-hybridized carbons (Fsp3) is 0.857. The van der Waals surface area contributed by atoms with Crippen molar-refractivity contribution in [2.45, 2.75) is 25.4 Å². The summed E-state index contributed by atoms with van der Waals surface area (Å²) in [6.45, 7) is 4.04. The lowest BCUT2D eigenvalue weighted by molar-refractivity contribution is 0.363. The zero-order valence-corrected chi connectivity index (χ0v) is 6.22.